The first kappa shape index (κ1) is 17.0. The Morgan fingerprint density at radius 3 is 2.65 bits per heavy atom. The molecule has 1 saturated heterocycles. The number of nitrogens with one attached hydrogen (secondary N) is 1. The molecule has 26 heavy (non-hydrogen) atoms. The van der Waals surface area contributed by atoms with Crippen molar-refractivity contribution in [1.29, 1.82) is 0 Å². The normalized spacial score (nSPS) is 17.2. The summed E-state index contributed by atoms with van der Waals surface area (Å²) in [6.07, 6.45) is -2.83. The quantitative estimate of drug-likeness (QED) is 0.708. The van der Waals surface area contributed by atoms with E-state index < -0.39 is 11.9 Å². The minimum absolute atomic E-state index is 0.186. The van der Waals surface area contributed by atoms with Gasteiger partial charge < -0.3 is 4.52 Å². The summed E-state index contributed by atoms with van der Waals surface area (Å²) in [7, 11) is 0. The number of H-pyrrole nitrogens is 1. The predicted octanol–water partition coefficient (Wildman–Crippen LogP) is 4.09. The number of likely N-dealkylation sites (tertiary alicyclic amines) is 1. The second-order valence-electron chi connectivity index (χ2n) is 6.53. The molecule has 1 aromatic carbocycles. The van der Waals surface area contributed by atoms with Gasteiger partial charge in [-0.05, 0) is 44.1 Å². The van der Waals surface area contributed by atoms with Crippen LogP contribution in [0.2, 0.25) is 0 Å². The van der Waals surface area contributed by atoms with Gasteiger partial charge in [0, 0.05) is 29.6 Å². The highest BCUT2D eigenvalue weighted by molar-refractivity contribution is 5.79. The van der Waals surface area contributed by atoms with Crippen LogP contribution in [0.4, 0.5) is 17.6 Å². The summed E-state index contributed by atoms with van der Waals surface area (Å²) < 4.78 is 56.3. The summed E-state index contributed by atoms with van der Waals surface area (Å²) in [4.78, 5) is 2.08. The maximum absolute atomic E-state index is 13.2. The second kappa shape index (κ2) is 6.39. The molecule has 0 unspecified atom stereocenters. The highest BCUT2D eigenvalue weighted by atomic mass is 19.4. The number of alkyl halides is 3. The van der Waals surface area contributed by atoms with Crippen molar-refractivity contribution in [2.45, 2.75) is 31.5 Å². The highest BCUT2D eigenvalue weighted by Crippen LogP contribution is 2.33. The standard InChI is InChI=1S/C17H16F4N4O/c18-11-1-2-13-14(7-11)26-24-16(13)10-3-5-25(6-4-10)9-12-8-15(23-22-12)17(19,20)21/h1-2,7-8,10H,3-6,9H2,(H,22,23). The van der Waals surface area contributed by atoms with E-state index >= 15 is 0 Å². The van der Waals surface area contributed by atoms with Crippen LogP contribution in [0.3, 0.4) is 0 Å². The predicted molar refractivity (Wildman–Crippen MR) is 84.8 cm³/mol. The average Bonchev–Trinajstić information content (AvgIpc) is 3.22. The van der Waals surface area contributed by atoms with Crippen molar-refractivity contribution in [2.75, 3.05) is 13.1 Å². The van der Waals surface area contributed by atoms with E-state index in [2.05, 4.69) is 20.3 Å². The van der Waals surface area contributed by atoms with Crippen LogP contribution in [0.5, 0.6) is 0 Å². The zero-order chi connectivity index (χ0) is 18.3. The van der Waals surface area contributed by atoms with E-state index in [4.69, 9.17) is 4.52 Å². The number of hydrogen-bond acceptors (Lipinski definition) is 4. The molecule has 138 valence electrons. The monoisotopic (exact) mass is 368 g/mol. The van der Waals surface area contributed by atoms with E-state index in [1.54, 1.807) is 6.07 Å². The molecule has 1 fully saturated rings. The van der Waals surface area contributed by atoms with E-state index in [0.717, 1.165) is 43.1 Å². The molecule has 4 rings (SSSR count). The summed E-state index contributed by atoms with van der Waals surface area (Å²) >= 11 is 0. The van der Waals surface area contributed by atoms with Crippen molar-refractivity contribution in [3.8, 4) is 0 Å². The SMILES string of the molecule is Fc1ccc2c(C3CCN(Cc4cc(C(F)(F)F)n[nH]4)CC3)noc2c1. The van der Waals surface area contributed by atoms with Gasteiger partial charge >= 0.3 is 6.18 Å². The van der Waals surface area contributed by atoms with E-state index in [9.17, 15) is 17.6 Å². The Morgan fingerprint density at radius 1 is 1.19 bits per heavy atom. The van der Waals surface area contributed by atoms with Crippen molar-refractivity contribution < 1.29 is 22.1 Å². The topological polar surface area (TPSA) is 58.0 Å². The van der Waals surface area contributed by atoms with Crippen LogP contribution in [-0.4, -0.2) is 33.3 Å². The molecular formula is C17H16F4N4O. The van der Waals surface area contributed by atoms with Gasteiger partial charge in [-0.15, -0.1) is 0 Å². The van der Waals surface area contributed by atoms with Crippen molar-refractivity contribution in [2.24, 2.45) is 0 Å². The molecule has 0 radical (unpaired) electrons. The number of aromatic nitrogens is 3. The molecule has 1 aliphatic heterocycles. The number of nitrogens with zero attached hydrogens (tertiary/aromatic N) is 3. The van der Waals surface area contributed by atoms with Crippen LogP contribution in [-0.2, 0) is 12.7 Å². The van der Waals surface area contributed by atoms with Gasteiger partial charge in [0.1, 0.15) is 5.82 Å². The lowest BCUT2D eigenvalue weighted by molar-refractivity contribution is -0.141. The van der Waals surface area contributed by atoms with Crippen LogP contribution in [0.15, 0.2) is 28.8 Å². The molecule has 3 heterocycles. The molecule has 2 aromatic heterocycles. The molecule has 1 aliphatic rings. The smallest absolute Gasteiger partial charge is 0.356 e. The second-order valence-corrected chi connectivity index (χ2v) is 6.53. The first-order chi connectivity index (χ1) is 12.4. The van der Waals surface area contributed by atoms with Crippen LogP contribution >= 0.6 is 0 Å². The van der Waals surface area contributed by atoms with Crippen LogP contribution in [0.1, 0.15) is 35.8 Å². The van der Waals surface area contributed by atoms with E-state index in [1.807, 2.05) is 0 Å². The first-order valence-electron chi connectivity index (χ1n) is 8.29. The van der Waals surface area contributed by atoms with Gasteiger partial charge in [-0.3, -0.25) is 10.00 Å². The first-order valence-corrected chi connectivity index (χ1v) is 8.29. The van der Waals surface area contributed by atoms with Gasteiger partial charge in [-0.25, -0.2) is 4.39 Å². The van der Waals surface area contributed by atoms with Gasteiger partial charge in [-0.2, -0.15) is 18.3 Å². The lowest BCUT2D eigenvalue weighted by Gasteiger charge is -2.30. The molecule has 0 amide bonds. The number of aromatic amines is 1. The summed E-state index contributed by atoms with van der Waals surface area (Å²) in [5.41, 5.74) is 0.793. The maximum atomic E-state index is 13.2. The van der Waals surface area contributed by atoms with Crippen LogP contribution in [0.25, 0.3) is 11.0 Å². The van der Waals surface area contributed by atoms with E-state index in [0.29, 0.717) is 17.8 Å². The number of hydrogen-bond donors (Lipinski definition) is 1. The van der Waals surface area contributed by atoms with Crippen molar-refractivity contribution in [1.82, 2.24) is 20.3 Å². The van der Waals surface area contributed by atoms with Crippen molar-refractivity contribution in [3.63, 3.8) is 0 Å². The van der Waals surface area contributed by atoms with E-state index in [1.165, 1.54) is 12.1 Å². The summed E-state index contributed by atoms with van der Waals surface area (Å²) in [5.74, 6) is -0.182. The van der Waals surface area contributed by atoms with Crippen LogP contribution < -0.4 is 0 Å². The Morgan fingerprint density at radius 2 is 1.96 bits per heavy atom. The third kappa shape index (κ3) is 3.31. The van der Waals surface area contributed by atoms with Gasteiger partial charge in [0.2, 0.25) is 0 Å². The lowest BCUT2D eigenvalue weighted by atomic mass is 9.91. The molecule has 0 aliphatic carbocycles. The zero-order valence-electron chi connectivity index (χ0n) is 13.7. The van der Waals surface area contributed by atoms with Gasteiger partial charge in [0.15, 0.2) is 11.3 Å². The largest absolute Gasteiger partial charge is 0.435 e. The molecule has 5 nitrogen and oxygen atoms in total. The fourth-order valence-corrected chi connectivity index (χ4v) is 3.42. The highest BCUT2D eigenvalue weighted by Gasteiger charge is 2.34. The minimum Gasteiger partial charge on any atom is -0.356 e. The third-order valence-corrected chi connectivity index (χ3v) is 4.75. The number of rotatable bonds is 3. The fourth-order valence-electron chi connectivity index (χ4n) is 3.42. The Kier molecular flexibility index (Phi) is 4.18. The molecule has 0 atom stereocenters. The number of piperidine rings is 1. The molecule has 3 aromatic rings. The van der Waals surface area contributed by atoms with Crippen molar-refractivity contribution in [3.05, 3.63) is 47.2 Å². The summed E-state index contributed by atoms with van der Waals surface area (Å²) in [6.45, 7) is 1.84. The number of benzene rings is 1. The lowest BCUT2D eigenvalue weighted by Crippen LogP contribution is -2.32. The Hall–Kier alpha value is -2.42. The summed E-state index contributed by atoms with van der Waals surface area (Å²) in [6, 6.07) is 5.42. The fraction of sp³-hybridized carbons (Fsp3) is 0.412. The molecule has 0 saturated carbocycles. The van der Waals surface area contributed by atoms with Gasteiger partial charge in [0.05, 0.1) is 5.69 Å². The molecule has 9 heteroatoms. The zero-order valence-corrected chi connectivity index (χ0v) is 13.7. The minimum atomic E-state index is -4.44. The van der Waals surface area contributed by atoms with E-state index in [-0.39, 0.29) is 11.7 Å². The van der Waals surface area contributed by atoms with Crippen molar-refractivity contribution >= 4 is 11.0 Å². The maximum Gasteiger partial charge on any atom is 0.435 e. The Bertz CT molecular complexity index is 909. The molecule has 0 spiro atoms. The molecular weight excluding hydrogens is 352 g/mol. The molecule has 0 bridgehead atoms. The third-order valence-electron chi connectivity index (χ3n) is 4.75. The Balaban J connectivity index is 1.40. The number of fused-ring (bicyclic) bond motifs is 1. The van der Waals surface area contributed by atoms with Crippen LogP contribution in [0, 0.1) is 5.82 Å². The number of halogens is 4. The Labute approximate surface area is 146 Å². The summed E-state index contributed by atoms with van der Waals surface area (Å²) in [5, 5.41) is 10.7. The van der Waals surface area contributed by atoms with Gasteiger partial charge in [0.25, 0.3) is 0 Å². The molecule has 1 N–H and O–H groups in total. The van der Waals surface area contributed by atoms with Gasteiger partial charge in [-0.1, -0.05) is 5.16 Å². The average molecular weight is 368 g/mol.